The molecule has 0 saturated carbocycles. The molecule has 2 heteroatoms. The van der Waals surface area contributed by atoms with Gasteiger partial charge in [-0.2, -0.15) is 0 Å². The summed E-state index contributed by atoms with van der Waals surface area (Å²) in [6.45, 7) is 9.26. The fraction of sp³-hybridized carbons (Fsp3) is 0.107. The third-order valence-corrected chi connectivity index (χ3v) is 13.4. The smallest absolute Gasteiger partial charge is 0.132 e. The lowest BCUT2D eigenvalue weighted by atomic mass is 9.81. The summed E-state index contributed by atoms with van der Waals surface area (Å²) >= 11 is 0. The molecule has 0 radical (unpaired) electrons. The van der Waals surface area contributed by atoms with Crippen LogP contribution in [0.15, 0.2) is 170 Å². The van der Waals surface area contributed by atoms with Gasteiger partial charge in [-0.15, -0.1) is 0 Å². The highest BCUT2D eigenvalue weighted by molar-refractivity contribution is 6.25. The molecular formula is C56H42N2. The number of hydrogen-bond donors (Lipinski definition) is 1. The zero-order chi connectivity index (χ0) is 38.9. The van der Waals surface area contributed by atoms with Gasteiger partial charge in [0, 0.05) is 21.4 Å². The molecule has 0 fully saturated rings. The molecule has 0 bridgehead atoms. The van der Waals surface area contributed by atoms with E-state index < -0.39 is 5.66 Å². The fourth-order valence-electron chi connectivity index (χ4n) is 10.6. The molecule has 276 valence electrons. The van der Waals surface area contributed by atoms with E-state index in [4.69, 9.17) is 0 Å². The second kappa shape index (κ2) is 11.8. The highest BCUT2D eigenvalue weighted by Crippen LogP contribution is 2.50. The average molecular weight is 743 g/mol. The van der Waals surface area contributed by atoms with Crippen LogP contribution in [0.25, 0.3) is 88.2 Å². The van der Waals surface area contributed by atoms with Crippen molar-refractivity contribution in [2.75, 3.05) is 0 Å². The van der Waals surface area contributed by atoms with E-state index in [0.717, 1.165) is 5.70 Å². The normalized spacial score (nSPS) is 16.7. The summed E-state index contributed by atoms with van der Waals surface area (Å²) < 4.78 is 2.53. The zero-order valence-corrected chi connectivity index (χ0v) is 33.2. The van der Waals surface area contributed by atoms with Crippen LogP contribution in [-0.2, 0) is 11.1 Å². The molecule has 1 aliphatic carbocycles. The van der Waals surface area contributed by atoms with E-state index in [1.165, 1.54) is 109 Å². The van der Waals surface area contributed by atoms with Gasteiger partial charge in [-0.25, -0.2) is 0 Å². The standard InChI is InChI=1S/C56H42N2/c1-34-21-27-52-48(29-34)49-30-35(36-22-26-46-45-19-11-12-20-50(45)55(2,3)51(46)32-36)24-28-53(49)58(52)56(4)33-38-13-5-6-14-39(38)54(57-56)37-23-25-44-42-17-8-7-15-40(42)41-16-9-10-18-43(41)47(44)31-37/h5-33,57H,1-4H3. The van der Waals surface area contributed by atoms with E-state index in [0.29, 0.717) is 0 Å². The zero-order valence-electron chi connectivity index (χ0n) is 33.2. The second-order valence-corrected chi connectivity index (χ2v) is 17.2. The maximum atomic E-state index is 4.17. The van der Waals surface area contributed by atoms with E-state index in [1.54, 1.807) is 0 Å². The average Bonchev–Trinajstić information content (AvgIpc) is 3.71. The Morgan fingerprint density at radius 2 is 0.983 bits per heavy atom. The number of rotatable bonds is 3. The second-order valence-electron chi connectivity index (χ2n) is 17.2. The number of aromatic nitrogens is 1. The predicted octanol–water partition coefficient (Wildman–Crippen LogP) is 12.4. The Hall–Kier alpha value is -6.90. The summed E-state index contributed by atoms with van der Waals surface area (Å²) in [5, 5.41) is 16.8. The molecule has 9 aromatic carbocycles. The van der Waals surface area contributed by atoms with E-state index in [-0.39, 0.29) is 5.41 Å². The maximum Gasteiger partial charge on any atom is 0.132 e. The minimum absolute atomic E-state index is 0.0489. The molecule has 10 aromatic rings. The van der Waals surface area contributed by atoms with Crippen molar-refractivity contribution < 1.29 is 0 Å². The van der Waals surface area contributed by atoms with Crippen molar-refractivity contribution in [3.63, 3.8) is 0 Å². The van der Waals surface area contributed by atoms with E-state index >= 15 is 0 Å². The van der Waals surface area contributed by atoms with E-state index in [9.17, 15) is 0 Å². The third-order valence-electron chi connectivity index (χ3n) is 13.4. The van der Waals surface area contributed by atoms with Gasteiger partial charge in [-0.3, -0.25) is 0 Å². The Morgan fingerprint density at radius 1 is 0.431 bits per heavy atom. The summed E-state index contributed by atoms with van der Waals surface area (Å²) in [5.74, 6) is 0. The van der Waals surface area contributed by atoms with Crippen LogP contribution in [0.3, 0.4) is 0 Å². The van der Waals surface area contributed by atoms with Gasteiger partial charge in [0.2, 0.25) is 0 Å². The number of hydrogen-bond acceptors (Lipinski definition) is 1. The summed E-state index contributed by atoms with van der Waals surface area (Å²) in [4.78, 5) is 0. The van der Waals surface area contributed by atoms with Crippen LogP contribution in [0, 0.1) is 6.92 Å². The van der Waals surface area contributed by atoms with Crippen molar-refractivity contribution in [3.05, 3.63) is 203 Å². The van der Waals surface area contributed by atoms with Gasteiger partial charge in [0.25, 0.3) is 0 Å². The first-order valence-electron chi connectivity index (χ1n) is 20.5. The van der Waals surface area contributed by atoms with Gasteiger partial charge in [0.05, 0.1) is 16.7 Å². The molecule has 0 saturated heterocycles. The van der Waals surface area contributed by atoms with Crippen molar-refractivity contribution in [1.82, 2.24) is 9.88 Å². The third kappa shape index (κ3) is 4.60. The van der Waals surface area contributed by atoms with Gasteiger partial charge in [0.15, 0.2) is 0 Å². The Kier molecular flexibility index (Phi) is 6.78. The molecular weight excluding hydrogens is 701 g/mol. The van der Waals surface area contributed by atoms with Gasteiger partial charge in [-0.1, -0.05) is 153 Å². The molecule has 1 aliphatic heterocycles. The molecule has 2 aliphatic rings. The highest BCUT2D eigenvalue weighted by Gasteiger charge is 2.36. The lowest BCUT2D eigenvalue weighted by Gasteiger charge is -2.36. The monoisotopic (exact) mass is 742 g/mol. The first-order valence-corrected chi connectivity index (χ1v) is 20.5. The van der Waals surface area contributed by atoms with E-state index in [1.807, 2.05) is 0 Å². The van der Waals surface area contributed by atoms with Crippen LogP contribution >= 0.6 is 0 Å². The summed E-state index contributed by atoms with van der Waals surface area (Å²) in [5.41, 5.74) is 13.4. The highest BCUT2D eigenvalue weighted by atomic mass is 15.2. The van der Waals surface area contributed by atoms with Crippen LogP contribution in [0.4, 0.5) is 0 Å². The van der Waals surface area contributed by atoms with Crippen molar-refractivity contribution in [2.45, 2.75) is 38.8 Å². The molecule has 0 amide bonds. The summed E-state index contributed by atoms with van der Waals surface area (Å²) in [6, 6.07) is 63.6. The van der Waals surface area contributed by atoms with Gasteiger partial charge >= 0.3 is 0 Å². The Morgan fingerprint density at radius 3 is 1.76 bits per heavy atom. The lowest BCUT2D eigenvalue weighted by molar-refractivity contribution is 0.417. The molecule has 2 heterocycles. The topological polar surface area (TPSA) is 17.0 Å². The SMILES string of the molecule is Cc1ccc2c(c1)c1cc(-c3ccc4c(c3)C(C)(C)c3ccccc3-4)ccc1n2C1(C)C=c2ccccc2=C(c2ccc3c4ccccc4c4ccccc4c3c2)N1. The minimum Gasteiger partial charge on any atom is -0.358 e. The van der Waals surface area contributed by atoms with Crippen molar-refractivity contribution in [1.29, 1.82) is 0 Å². The van der Waals surface area contributed by atoms with Crippen LogP contribution < -0.4 is 15.8 Å². The molecule has 58 heavy (non-hydrogen) atoms. The van der Waals surface area contributed by atoms with Gasteiger partial charge < -0.3 is 9.88 Å². The Labute approximate surface area is 338 Å². The lowest BCUT2D eigenvalue weighted by Crippen LogP contribution is -2.51. The molecule has 12 rings (SSSR count). The molecule has 1 atom stereocenters. The predicted molar refractivity (Wildman–Crippen MR) is 246 cm³/mol. The van der Waals surface area contributed by atoms with Crippen LogP contribution in [0.5, 0.6) is 0 Å². The van der Waals surface area contributed by atoms with E-state index in [2.05, 4.69) is 214 Å². The van der Waals surface area contributed by atoms with Crippen molar-refractivity contribution >= 4 is 65.9 Å². The quantitative estimate of drug-likeness (QED) is 0.178. The number of aryl methyl sites for hydroxylation is 1. The number of nitrogens with one attached hydrogen (secondary N) is 1. The summed E-state index contributed by atoms with van der Waals surface area (Å²) in [6.07, 6.45) is 2.42. The first kappa shape index (κ1) is 33.3. The minimum atomic E-state index is -0.579. The first-order chi connectivity index (χ1) is 28.3. The molecule has 0 spiro atoms. The van der Waals surface area contributed by atoms with Crippen LogP contribution in [0.2, 0.25) is 0 Å². The number of benzene rings is 9. The van der Waals surface area contributed by atoms with Crippen molar-refractivity contribution in [2.24, 2.45) is 0 Å². The molecule has 2 nitrogen and oxygen atoms in total. The Balaban J connectivity index is 1.04. The Bertz CT molecular complexity index is 3510. The van der Waals surface area contributed by atoms with Crippen LogP contribution in [-0.4, -0.2) is 4.57 Å². The number of fused-ring (bicyclic) bond motifs is 13. The van der Waals surface area contributed by atoms with Crippen molar-refractivity contribution in [3.8, 4) is 22.3 Å². The fourth-order valence-corrected chi connectivity index (χ4v) is 10.6. The largest absolute Gasteiger partial charge is 0.358 e. The molecule has 1 unspecified atom stereocenters. The van der Waals surface area contributed by atoms with Gasteiger partial charge in [-0.05, 0) is 133 Å². The summed E-state index contributed by atoms with van der Waals surface area (Å²) in [7, 11) is 0. The van der Waals surface area contributed by atoms with Gasteiger partial charge in [0.1, 0.15) is 5.66 Å². The van der Waals surface area contributed by atoms with Crippen LogP contribution in [0.1, 0.15) is 43.0 Å². The maximum absolute atomic E-state index is 4.17. The molecule has 1 N–H and O–H groups in total. The molecule has 1 aromatic heterocycles. The number of nitrogens with zero attached hydrogens (tertiary/aromatic N) is 1.